The summed E-state index contributed by atoms with van der Waals surface area (Å²) in [6, 6.07) is 1.15. The minimum atomic E-state index is -0.840. The molecule has 1 aliphatic carbocycles. The molecule has 0 heterocycles. The van der Waals surface area contributed by atoms with E-state index in [1.165, 1.54) is 0 Å². The number of nitrogens with one attached hydrogen (secondary N) is 1. The van der Waals surface area contributed by atoms with E-state index >= 15 is 0 Å². The maximum absolute atomic E-state index is 11.6. The molecule has 1 rings (SSSR count). The lowest BCUT2D eigenvalue weighted by molar-refractivity contribution is -0.124. The number of primary amides is 1. The zero-order chi connectivity index (χ0) is 12.1. The van der Waals surface area contributed by atoms with Crippen molar-refractivity contribution in [3.05, 3.63) is 0 Å². The van der Waals surface area contributed by atoms with Gasteiger partial charge in [-0.1, -0.05) is 0 Å². The molecule has 0 aromatic carbocycles. The van der Waals surface area contributed by atoms with Crippen LogP contribution in [0.3, 0.4) is 0 Å². The number of imide groups is 1. The van der Waals surface area contributed by atoms with Gasteiger partial charge in [-0.2, -0.15) is 5.26 Å². The molecule has 1 aliphatic rings. The molecular weight excluding hydrogens is 208 g/mol. The second-order valence-corrected chi connectivity index (χ2v) is 3.91. The highest BCUT2D eigenvalue weighted by Gasteiger charge is 2.34. The first-order chi connectivity index (χ1) is 7.56. The highest BCUT2D eigenvalue weighted by atomic mass is 16.2. The van der Waals surface area contributed by atoms with Crippen LogP contribution in [0.2, 0.25) is 0 Å². The highest BCUT2D eigenvalue weighted by Crippen LogP contribution is 2.28. The number of nitrogens with two attached hydrogens (primary N) is 1. The molecule has 0 aromatic heterocycles. The van der Waals surface area contributed by atoms with Gasteiger partial charge in [0, 0.05) is 19.0 Å². The van der Waals surface area contributed by atoms with Gasteiger partial charge in [0.25, 0.3) is 0 Å². The van der Waals surface area contributed by atoms with Crippen LogP contribution in [0.25, 0.3) is 0 Å². The van der Waals surface area contributed by atoms with E-state index in [4.69, 9.17) is 11.0 Å². The van der Waals surface area contributed by atoms with Gasteiger partial charge in [-0.05, 0) is 19.8 Å². The van der Waals surface area contributed by atoms with Gasteiger partial charge in [-0.25, -0.2) is 4.79 Å². The van der Waals surface area contributed by atoms with E-state index in [9.17, 15) is 9.59 Å². The lowest BCUT2D eigenvalue weighted by Crippen LogP contribution is -2.49. The summed E-state index contributed by atoms with van der Waals surface area (Å²) in [6.45, 7) is 2.27. The van der Waals surface area contributed by atoms with Crippen LogP contribution in [0.15, 0.2) is 0 Å². The molecule has 6 nitrogen and oxygen atoms in total. The lowest BCUT2D eigenvalue weighted by atomic mass is 10.2. The predicted octanol–water partition coefficient (Wildman–Crippen LogP) is -0.0521. The Kier molecular flexibility index (Phi) is 4.26. The molecule has 1 saturated carbocycles. The van der Waals surface area contributed by atoms with Crippen molar-refractivity contribution in [1.82, 2.24) is 10.2 Å². The number of hydrogen-bond acceptors (Lipinski definition) is 4. The van der Waals surface area contributed by atoms with E-state index in [2.05, 4.69) is 11.4 Å². The molecule has 0 bridgehead atoms. The molecule has 0 aromatic rings. The quantitative estimate of drug-likeness (QED) is 0.683. The van der Waals surface area contributed by atoms with Crippen molar-refractivity contribution in [3.63, 3.8) is 0 Å². The molecule has 1 unspecified atom stereocenters. The van der Waals surface area contributed by atoms with Gasteiger partial charge >= 0.3 is 6.03 Å². The fraction of sp³-hybridized carbons (Fsp3) is 0.700. The highest BCUT2D eigenvalue weighted by molar-refractivity contribution is 5.96. The molecule has 88 valence electrons. The number of hydrogen-bond donors (Lipinski definition) is 2. The van der Waals surface area contributed by atoms with Crippen LogP contribution >= 0.6 is 0 Å². The van der Waals surface area contributed by atoms with Crippen LogP contribution in [0, 0.1) is 11.3 Å². The smallest absolute Gasteiger partial charge is 0.318 e. The molecule has 0 saturated heterocycles. The molecule has 16 heavy (non-hydrogen) atoms. The van der Waals surface area contributed by atoms with E-state index in [0.29, 0.717) is 19.0 Å². The third kappa shape index (κ3) is 3.51. The Balaban J connectivity index is 2.52. The number of amides is 3. The summed E-state index contributed by atoms with van der Waals surface area (Å²) in [6.07, 6.45) is 2.46. The summed E-state index contributed by atoms with van der Waals surface area (Å²) in [5, 5.41) is 10.6. The van der Waals surface area contributed by atoms with Crippen molar-refractivity contribution in [2.45, 2.75) is 38.3 Å². The Bertz CT molecular complexity index is 319. The van der Waals surface area contributed by atoms with E-state index in [0.717, 1.165) is 12.8 Å². The average Bonchev–Trinajstić information content (AvgIpc) is 3.01. The molecular formula is C10H16N4O2. The Hall–Kier alpha value is -1.61. The fourth-order valence-corrected chi connectivity index (χ4v) is 1.65. The maximum atomic E-state index is 11.6. The zero-order valence-corrected chi connectivity index (χ0v) is 9.27. The summed E-state index contributed by atoms with van der Waals surface area (Å²) in [5.74, 6) is -0.405. The molecule has 1 atom stereocenters. The number of nitriles is 1. The largest absolute Gasteiger partial charge is 0.351 e. The van der Waals surface area contributed by atoms with Crippen LogP contribution in [0.5, 0.6) is 0 Å². The van der Waals surface area contributed by atoms with E-state index in [-0.39, 0.29) is 0 Å². The van der Waals surface area contributed by atoms with Gasteiger partial charge in [0.2, 0.25) is 5.91 Å². The summed E-state index contributed by atoms with van der Waals surface area (Å²) in [7, 11) is 0. The maximum Gasteiger partial charge on any atom is 0.318 e. The number of nitrogens with zero attached hydrogens (tertiary/aromatic N) is 2. The van der Waals surface area contributed by atoms with Crippen LogP contribution < -0.4 is 11.1 Å². The molecule has 1 fully saturated rings. The Morgan fingerprint density at radius 1 is 1.62 bits per heavy atom. The second kappa shape index (κ2) is 5.47. The van der Waals surface area contributed by atoms with Crippen molar-refractivity contribution in [3.8, 4) is 6.07 Å². The van der Waals surface area contributed by atoms with Crippen LogP contribution in [-0.4, -0.2) is 35.5 Å². The molecule has 6 heteroatoms. The van der Waals surface area contributed by atoms with Crippen molar-refractivity contribution in [2.75, 3.05) is 6.54 Å². The van der Waals surface area contributed by atoms with Crippen LogP contribution in [0.1, 0.15) is 26.2 Å². The summed E-state index contributed by atoms with van der Waals surface area (Å²) >= 11 is 0. The van der Waals surface area contributed by atoms with Gasteiger partial charge in [0.15, 0.2) is 0 Å². The summed E-state index contributed by atoms with van der Waals surface area (Å²) < 4.78 is 0. The molecule has 0 radical (unpaired) electrons. The Morgan fingerprint density at radius 3 is 2.69 bits per heavy atom. The lowest BCUT2D eigenvalue weighted by Gasteiger charge is -2.26. The standard InChI is InChI=1S/C10H16N4O2/c1-7(9(15)13-10(12)16)14(6-2-5-11)8-3-4-8/h7-8H,2-4,6H2,1H3,(H3,12,13,15,16). The third-order valence-electron chi connectivity index (χ3n) is 2.62. The zero-order valence-electron chi connectivity index (χ0n) is 9.27. The van der Waals surface area contributed by atoms with Gasteiger partial charge in [-0.15, -0.1) is 0 Å². The van der Waals surface area contributed by atoms with Gasteiger partial charge in [0.1, 0.15) is 0 Å². The van der Waals surface area contributed by atoms with E-state index in [1.54, 1.807) is 6.92 Å². The Morgan fingerprint density at radius 2 is 2.25 bits per heavy atom. The number of carbonyl (C=O) groups excluding carboxylic acids is 2. The number of carbonyl (C=O) groups is 2. The normalized spacial score (nSPS) is 16.6. The predicted molar refractivity (Wildman–Crippen MR) is 57.1 cm³/mol. The van der Waals surface area contributed by atoms with Crippen LogP contribution in [0.4, 0.5) is 4.79 Å². The second-order valence-electron chi connectivity index (χ2n) is 3.91. The molecule has 3 amide bonds. The number of rotatable bonds is 5. The SMILES string of the molecule is CC(C(=O)NC(N)=O)N(CCC#N)C1CC1. The van der Waals surface area contributed by atoms with Gasteiger partial charge < -0.3 is 5.73 Å². The van der Waals surface area contributed by atoms with Crippen molar-refractivity contribution >= 4 is 11.9 Å². The minimum absolute atomic E-state index is 0.363. The van der Waals surface area contributed by atoms with E-state index in [1.807, 2.05) is 4.90 Å². The first kappa shape index (κ1) is 12.5. The minimum Gasteiger partial charge on any atom is -0.351 e. The third-order valence-corrected chi connectivity index (χ3v) is 2.62. The summed E-state index contributed by atoms with van der Waals surface area (Å²) in [5.41, 5.74) is 4.88. The van der Waals surface area contributed by atoms with Gasteiger partial charge in [-0.3, -0.25) is 15.0 Å². The first-order valence-corrected chi connectivity index (χ1v) is 5.29. The molecule has 0 spiro atoms. The van der Waals surface area contributed by atoms with E-state index < -0.39 is 18.0 Å². The topological polar surface area (TPSA) is 99.2 Å². The average molecular weight is 224 g/mol. The Labute approximate surface area is 94.4 Å². The number of urea groups is 1. The molecule has 0 aliphatic heterocycles. The fourth-order valence-electron chi connectivity index (χ4n) is 1.65. The van der Waals surface area contributed by atoms with Crippen molar-refractivity contribution in [1.29, 1.82) is 5.26 Å². The first-order valence-electron chi connectivity index (χ1n) is 5.29. The molecule has 3 N–H and O–H groups in total. The summed E-state index contributed by atoms with van der Waals surface area (Å²) in [4.78, 5) is 24.1. The van der Waals surface area contributed by atoms with Crippen LogP contribution in [-0.2, 0) is 4.79 Å². The van der Waals surface area contributed by atoms with Gasteiger partial charge in [0.05, 0.1) is 12.1 Å². The van der Waals surface area contributed by atoms with Crippen molar-refractivity contribution in [2.24, 2.45) is 5.73 Å². The van der Waals surface area contributed by atoms with Crippen molar-refractivity contribution < 1.29 is 9.59 Å². The monoisotopic (exact) mass is 224 g/mol.